The Balaban J connectivity index is 1.33. The van der Waals surface area contributed by atoms with Crippen LogP contribution in [0.25, 0.3) is 11.1 Å². The van der Waals surface area contributed by atoms with Crippen LogP contribution in [-0.4, -0.2) is 36.9 Å². The van der Waals surface area contributed by atoms with Crippen molar-refractivity contribution in [2.24, 2.45) is 0 Å². The highest BCUT2D eigenvalue weighted by Gasteiger charge is 2.29. The van der Waals surface area contributed by atoms with Crippen molar-refractivity contribution >= 4 is 23.4 Å². The molecule has 6 heteroatoms. The number of benzene rings is 3. The predicted octanol–water partition coefficient (Wildman–Crippen LogP) is 4.96. The van der Waals surface area contributed by atoms with Crippen molar-refractivity contribution in [3.05, 3.63) is 83.4 Å². The minimum absolute atomic E-state index is 0.0396. The van der Waals surface area contributed by atoms with Crippen molar-refractivity contribution in [3.8, 4) is 11.1 Å². The normalized spacial score (nSPS) is 14.4. The molecule has 0 atom stereocenters. The number of carbonyl (C=O) groups excluding carboxylic acids is 1. The molecule has 0 saturated carbocycles. The number of fused-ring (bicyclic) bond motifs is 3. The van der Waals surface area contributed by atoms with Crippen molar-refractivity contribution in [1.82, 2.24) is 0 Å². The Morgan fingerprint density at radius 1 is 0.968 bits per heavy atom. The maximum Gasteiger partial charge on any atom is 0.411 e. The second kappa shape index (κ2) is 7.80. The molecule has 0 radical (unpaired) electrons. The first-order chi connectivity index (χ1) is 15.1. The molecule has 1 heterocycles. The summed E-state index contributed by atoms with van der Waals surface area (Å²) in [5.74, 6) is -1.14. The van der Waals surface area contributed by atoms with Crippen LogP contribution >= 0.6 is 0 Å². The summed E-state index contributed by atoms with van der Waals surface area (Å²) in [5.41, 5.74) is 5.74. The molecule has 0 aromatic heterocycles. The highest BCUT2D eigenvalue weighted by molar-refractivity contribution is 5.99. The molecule has 156 valence electrons. The molecule has 0 bridgehead atoms. The zero-order valence-electron chi connectivity index (χ0n) is 16.9. The highest BCUT2D eigenvalue weighted by Crippen LogP contribution is 2.44. The Kier molecular flexibility index (Phi) is 4.82. The van der Waals surface area contributed by atoms with E-state index in [4.69, 9.17) is 4.74 Å². The molecule has 3 aromatic carbocycles. The Morgan fingerprint density at radius 2 is 1.61 bits per heavy atom. The van der Waals surface area contributed by atoms with E-state index in [2.05, 4.69) is 34.5 Å². The molecule has 1 aliphatic carbocycles. The number of amides is 1. The average Bonchev–Trinajstić information content (AvgIpc) is 3.05. The fourth-order valence-electron chi connectivity index (χ4n) is 4.34. The van der Waals surface area contributed by atoms with E-state index < -0.39 is 12.1 Å². The largest absolute Gasteiger partial charge is 0.478 e. The topological polar surface area (TPSA) is 78.9 Å². The number of ether oxygens (including phenoxy) is 1. The van der Waals surface area contributed by atoms with E-state index in [1.165, 1.54) is 6.07 Å². The molecule has 0 spiro atoms. The van der Waals surface area contributed by atoms with Crippen LogP contribution in [0.2, 0.25) is 0 Å². The number of hydrogen-bond acceptors (Lipinski definition) is 4. The van der Waals surface area contributed by atoms with Gasteiger partial charge >= 0.3 is 12.1 Å². The Bertz CT molecular complexity index is 1120. The van der Waals surface area contributed by atoms with Gasteiger partial charge in [0.25, 0.3) is 0 Å². The molecule has 3 aromatic rings. The molecule has 5 rings (SSSR count). The van der Waals surface area contributed by atoms with Crippen molar-refractivity contribution in [1.29, 1.82) is 0 Å². The molecular formula is C25H22N2O4. The number of hydrogen-bond donors (Lipinski definition) is 2. The number of carboxylic acid groups (broad SMARTS) is 1. The molecule has 1 fully saturated rings. The lowest BCUT2D eigenvalue weighted by molar-refractivity contribution is 0.0698. The van der Waals surface area contributed by atoms with Gasteiger partial charge in [0.05, 0.1) is 11.3 Å². The smallest absolute Gasteiger partial charge is 0.411 e. The van der Waals surface area contributed by atoms with Crippen LogP contribution in [0.4, 0.5) is 16.2 Å². The average molecular weight is 414 g/mol. The Labute approximate surface area is 180 Å². The molecule has 1 saturated heterocycles. The number of carbonyl (C=O) groups is 2. The van der Waals surface area contributed by atoms with E-state index in [9.17, 15) is 14.7 Å². The Morgan fingerprint density at radius 3 is 2.19 bits per heavy atom. The quantitative estimate of drug-likeness (QED) is 0.617. The third kappa shape index (κ3) is 3.50. The van der Waals surface area contributed by atoms with Crippen LogP contribution in [0.3, 0.4) is 0 Å². The maximum absolute atomic E-state index is 12.6. The first-order valence-corrected chi connectivity index (χ1v) is 10.4. The molecule has 31 heavy (non-hydrogen) atoms. The zero-order chi connectivity index (χ0) is 21.4. The van der Waals surface area contributed by atoms with Crippen LogP contribution in [0.15, 0.2) is 66.7 Å². The van der Waals surface area contributed by atoms with Gasteiger partial charge in [0.2, 0.25) is 0 Å². The molecule has 6 nitrogen and oxygen atoms in total. The Hall–Kier alpha value is -3.80. The summed E-state index contributed by atoms with van der Waals surface area (Å²) in [6, 6.07) is 21.2. The number of carboxylic acids is 1. The summed E-state index contributed by atoms with van der Waals surface area (Å²) in [6.07, 6.45) is 0.445. The van der Waals surface area contributed by atoms with Gasteiger partial charge in [-0.15, -0.1) is 0 Å². The van der Waals surface area contributed by atoms with Gasteiger partial charge in [-0.2, -0.15) is 0 Å². The second-order valence-electron chi connectivity index (χ2n) is 7.83. The summed E-state index contributed by atoms with van der Waals surface area (Å²) >= 11 is 0. The summed E-state index contributed by atoms with van der Waals surface area (Å²) < 4.78 is 5.56. The van der Waals surface area contributed by atoms with Gasteiger partial charge in [-0.1, -0.05) is 48.5 Å². The molecule has 2 N–H and O–H groups in total. The minimum Gasteiger partial charge on any atom is -0.478 e. The number of aromatic carboxylic acids is 1. The summed E-state index contributed by atoms with van der Waals surface area (Å²) in [5, 5.41) is 12.1. The third-order valence-electron chi connectivity index (χ3n) is 6.04. The molecule has 1 amide bonds. The molecular weight excluding hydrogens is 392 g/mol. The lowest BCUT2D eigenvalue weighted by Crippen LogP contribution is -2.37. The van der Waals surface area contributed by atoms with Crippen molar-refractivity contribution in [3.63, 3.8) is 0 Å². The van der Waals surface area contributed by atoms with Gasteiger partial charge in [0.1, 0.15) is 6.61 Å². The first-order valence-electron chi connectivity index (χ1n) is 10.4. The maximum atomic E-state index is 12.6. The minimum atomic E-state index is -1.09. The van der Waals surface area contributed by atoms with Gasteiger partial charge in [-0.3, -0.25) is 5.32 Å². The number of rotatable bonds is 5. The van der Waals surface area contributed by atoms with E-state index >= 15 is 0 Å². The predicted molar refractivity (Wildman–Crippen MR) is 119 cm³/mol. The lowest BCUT2D eigenvalue weighted by atomic mass is 9.98. The van der Waals surface area contributed by atoms with Crippen molar-refractivity contribution in [2.45, 2.75) is 12.3 Å². The molecule has 1 aliphatic heterocycles. The van der Waals surface area contributed by atoms with Crippen LogP contribution < -0.4 is 10.2 Å². The summed E-state index contributed by atoms with van der Waals surface area (Å²) in [6.45, 7) is 2.03. The monoisotopic (exact) mass is 414 g/mol. The van der Waals surface area contributed by atoms with E-state index in [1.807, 2.05) is 24.3 Å². The van der Waals surface area contributed by atoms with E-state index in [-0.39, 0.29) is 23.8 Å². The number of anilines is 2. The lowest BCUT2D eigenvalue weighted by Gasteiger charge is -2.33. The fraction of sp³-hybridized carbons (Fsp3) is 0.200. The first kappa shape index (κ1) is 19.2. The standard InChI is InChI=1S/C25H22N2O4/c28-24(29)21-11-10-16(27-12-5-13-27)14-23(21)26-25(30)31-15-22-19-8-3-1-6-17(19)18-7-2-4-9-20(18)22/h1-4,6-11,14,22H,5,12-13,15H2,(H,26,30)(H,28,29). The zero-order valence-corrected chi connectivity index (χ0v) is 16.9. The third-order valence-corrected chi connectivity index (χ3v) is 6.04. The highest BCUT2D eigenvalue weighted by atomic mass is 16.5. The van der Waals surface area contributed by atoms with Crippen LogP contribution in [0.5, 0.6) is 0 Å². The fourth-order valence-corrected chi connectivity index (χ4v) is 4.34. The van der Waals surface area contributed by atoms with Gasteiger partial charge in [-0.25, -0.2) is 9.59 Å². The van der Waals surface area contributed by atoms with Gasteiger partial charge in [0, 0.05) is 24.7 Å². The van der Waals surface area contributed by atoms with Gasteiger partial charge in [-0.05, 0) is 46.9 Å². The number of nitrogens with zero attached hydrogens (tertiary/aromatic N) is 1. The molecule has 0 unspecified atom stereocenters. The second-order valence-corrected chi connectivity index (χ2v) is 7.83. The number of nitrogens with one attached hydrogen (secondary N) is 1. The van der Waals surface area contributed by atoms with E-state index in [0.29, 0.717) is 0 Å². The van der Waals surface area contributed by atoms with Crippen molar-refractivity contribution in [2.75, 3.05) is 29.9 Å². The van der Waals surface area contributed by atoms with Crippen LogP contribution in [-0.2, 0) is 4.74 Å². The van der Waals surface area contributed by atoms with E-state index in [0.717, 1.165) is 47.5 Å². The van der Waals surface area contributed by atoms with Gasteiger partial charge in [0.15, 0.2) is 0 Å². The SMILES string of the molecule is O=C(Nc1cc(N2CCC2)ccc1C(=O)O)OCC1c2ccccc2-c2ccccc21. The van der Waals surface area contributed by atoms with E-state index in [1.54, 1.807) is 12.1 Å². The summed E-state index contributed by atoms with van der Waals surface area (Å²) in [4.78, 5) is 26.3. The van der Waals surface area contributed by atoms with Crippen LogP contribution in [0, 0.1) is 0 Å². The van der Waals surface area contributed by atoms with Crippen LogP contribution in [0.1, 0.15) is 33.8 Å². The summed E-state index contributed by atoms with van der Waals surface area (Å²) in [7, 11) is 0. The van der Waals surface area contributed by atoms with Crippen molar-refractivity contribution < 1.29 is 19.4 Å². The van der Waals surface area contributed by atoms with Gasteiger partial charge < -0.3 is 14.7 Å². The molecule has 2 aliphatic rings.